The van der Waals surface area contributed by atoms with E-state index in [9.17, 15) is 24.9 Å². The van der Waals surface area contributed by atoms with Gasteiger partial charge in [-0.25, -0.2) is 0 Å². The summed E-state index contributed by atoms with van der Waals surface area (Å²) in [5, 5.41) is 29.3. The zero-order chi connectivity index (χ0) is 16.0. The maximum Gasteiger partial charge on any atom is 0.198 e. The molecule has 0 saturated heterocycles. The molecular formula is C17H14O5. The quantitative estimate of drug-likeness (QED) is 0.675. The van der Waals surface area contributed by atoms with Crippen molar-refractivity contribution < 1.29 is 24.9 Å². The van der Waals surface area contributed by atoms with Crippen molar-refractivity contribution in [3.63, 3.8) is 0 Å². The Hall–Kier alpha value is -2.82. The Morgan fingerprint density at radius 3 is 2.05 bits per heavy atom. The van der Waals surface area contributed by atoms with E-state index in [4.69, 9.17) is 0 Å². The van der Waals surface area contributed by atoms with Gasteiger partial charge in [0.15, 0.2) is 11.6 Å². The molecule has 0 radical (unpaired) electrons. The summed E-state index contributed by atoms with van der Waals surface area (Å²) >= 11 is 0. The molecule has 0 amide bonds. The van der Waals surface area contributed by atoms with E-state index in [0.29, 0.717) is 12.0 Å². The van der Waals surface area contributed by atoms with Gasteiger partial charge in [0, 0.05) is 22.8 Å². The number of rotatable bonds is 2. The van der Waals surface area contributed by atoms with Crippen LogP contribution in [0.4, 0.5) is 0 Å². The van der Waals surface area contributed by atoms with Crippen LogP contribution in [0.25, 0.3) is 0 Å². The molecule has 0 saturated carbocycles. The van der Waals surface area contributed by atoms with Crippen LogP contribution in [0.5, 0.6) is 17.2 Å². The Bertz CT molecular complexity index is 820. The minimum Gasteiger partial charge on any atom is -0.508 e. The highest BCUT2D eigenvalue weighted by molar-refractivity contribution is 6.30. The fourth-order valence-corrected chi connectivity index (χ4v) is 2.90. The summed E-state index contributed by atoms with van der Waals surface area (Å²) in [7, 11) is 0. The van der Waals surface area contributed by atoms with Crippen molar-refractivity contribution in [3.8, 4) is 17.2 Å². The normalized spacial score (nSPS) is 13.0. The molecule has 2 aromatic carbocycles. The third-order valence-electron chi connectivity index (χ3n) is 3.77. The Labute approximate surface area is 126 Å². The standard InChI is InChI=1S/C17H14O5/c1-2-3-8-4-9(18)5-11-14(8)17(22)15-12(16(11)21)6-10(19)7-13(15)20/h4-7,18-20H,2-3H2,1H3. The van der Waals surface area contributed by atoms with Gasteiger partial charge in [-0.15, -0.1) is 0 Å². The van der Waals surface area contributed by atoms with E-state index >= 15 is 0 Å². The largest absolute Gasteiger partial charge is 0.508 e. The van der Waals surface area contributed by atoms with Gasteiger partial charge in [-0.1, -0.05) is 13.3 Å². The zero-order valence-corrected chi connectivity index (χ0v) is 11.9. The molecular weight excluding hydrogens is 284 g/mol. The molecule has 0 fully saturated rings. The fraction of sp³-hybridized carbons (Fsp3) is 0.176. The van der Waals surface area contributed by atoms with Crippen LogP contribution in [-0.4, -0.2) is 26.9 Å². The first-order valence-electron chi connectivity index (χ1n) is 6.95. The second-order valence-corrected chi connectivity index (χ2v) is 5.32. The Kier molecular flexibility index (Phi) is 3.13. The topological polar surface area (TPSA) is 94.8 Å². The predicted octanol–water partition coefficient (Wildman–Crippen LogP) is 2.53. The lowest BCUT2D eigenvalue weighted by molar-refractivity contribution is 0.0975. The summed E-state index contributed by atoms with van der Waals surface area (Å²) in [4.78, 5) is 25.3. The summed E-state index contributed by atoms with van der Waals surface area (Å²) in [6.45, 7) is 1.93. The van der Waals surface area contributed by atoms with Crippen molar-refractivity contribution >= 4 is 11.6 Å². The number of phenolic OH excluding ortho intramolecular Hbond substituents is 3. The van der Waals surface area contributed by atoms with Crippen molar-refractivity contribution in [1.29, 1.82) is 0 Å². The van der Waals surface area contributed by atoms with Gasteiger partial charge in [0.2, 0.25) is 0 Å². The molecule has 0 unspecified atom stereocenters. The van der Waals surface area contributed by atoms with Crippen molar-refractivity contribution in [1.82, 2.24) is 0 Å². The second kappa shape index (κ2) is 4.87. The molecule has 5 nitrogen and oxygen atoms in total. The Morgan fingerprint density at radius 2 is 1.41 bits per heavy atom. The molecule has 0 aliphatic heterocycles. The molecule has 5 heteroatoms. The number of hydrogen-bond donors (Lipinski definition) is 3. The number of aryl methyl sites for hydroxylation is 1. The van der Waals surface area contributed by atoms with Crippen LogP contribution in [0.1, 0.15) is 50.8 Å². The van der Waals surface area contributed by atoms with E-state index < -0.39 is 17.3 Å². The number of hydrogen-bond acceptors (Lipinski definition) is 5. The Morgan fingerprint density at radius 1 is 0.818 bits per heavy atom. The maximum absolute atomic E-state index is 12.7. The van der Waals surface area contributed by atoms with Crippen molar-refractivity contribution in [2.75, 3.05) is 0 Å². The molecule has 3 rings (SSSR count). The third kappa shape index (κ3) is 1.94. The monoisotopic (exact) mass is 298 g/mol. The number of carbonyl (C=O) groups is 2. The average molecular weight is 298 g/mol. The van der Waals surface area contributed by atoms with Gasteiger partial charge in [-0.3, -0.25) is 9.59 Å². The van der Waals surface area contributed by atoms with Gasteiger partial charge in [0.25, 0.3) is 0 Å². The number of fused-ring (bicyclic) bond motifs is 2. The number of aromatic hydroxyl groups is 3. The number of benzene rings is 2. The highest BCUT2D eigenvalue weighted by Crippen LogP contribution is 2.38. The Balaban J connectivity index is 2.34. The molecule has 1 aliphatic rings. The molecule has 22 heavy (non-hydrogen) atoms. The molecule has 0 heterocycles. The lowest BCUT2D eigenvalue weighted by Gasteiger charge is -2.21. The first-order valence-corrected chi connectivity index (χ1v) is 6.95. The van der Waals surface area contributed by atoms with Gasteiger partial charge in [-0.05, 0) is 30.2 Å². The van der Waals surface area contributed by atoms with E-state index in [2.05, 4.69) is 0 Å². The van der Waals surface area contributed by atoms with Crippen molar-refractivity contribution in [3.05, 3.63) is 52.1 Å². The number of carbonyl (C=O) groups excluding carboxylic acids is 2. The highest BCUT2D eigenvalue weighted by atomic mass is 16.3. The third-order valence-corrected chi connectivity index (χ3v) is 3.77. The lowest BCUT2D eigenvalue weighted by Crippen LogP contribution is -2.22. The molecule has 0 aromatic heterocycles. The minimum absolute atomic E-state index is 0.0527. The summed E-state index contributed by atoms with van der Waals surface area (Å²) in [6, 6.07) is 4.91. The summed E-state index contributed by atoms with van der Waals surface area (Å²) in [5.74, 6) is -1.77. The second-order valence-electron chi connectivity index (χ2n) is 5.32. The van der Waals surface area contributed by atoms with Crippen LogP contribution >= 0.6 is 0 Å². The number of ketones is 2. The van der Waals surface area contributed by atoms with E-state index in [-0.39, 0.29) is 33.8 Å². The summed E-state index contributed by atoms with van der Waals surface area (Å²) in [5.41, 5.74) is 0.749. The van der Waals surface area contributed by atoms with E-state index in [1.807, 2.05) is 6.92 Å². The summed E-state index contributed by atoms with van der Waals surface area (Å²) < 4.78 is 0. The summed E-state index contributed by atoms with van der Waals surface area (Å²) in [6.07, 6.45) is 1.27. The van der Waals surface area contributed by atoms with E-state index in [1.165, 1.54) is 12.1 Å². The molecule has 112 valence electrons. The average Bonchev–Trinajstić information content (AvgIpc) is 2.43. The predicted molar refractivity (Wildman–Crippen MR) is 78.7 cm³/mol. The van der Waals surface area contributed by atoms with Crippen LogP contribution in [0.2, 0.25) is 0 Å². The molecule has 2 aromatic rings. The highest BCUT2D eigenvalue weighted by Gasteiger charge is 2.34. The van der Waals surface area contributed by atoms with Crippen molar-refractivity contribution in [2.24, 2.45) is 0 Å². The number of phenols is 3. The maximum atomic E-state index is 12.7. The van der Waals surface area contributed by atoms with Crippen LogP contribution in [0, 0.1) is 0 Å². The van der Waals surface area contributed by atoms with Crippen LogP contribution in [0.3, 0.4) is 0 Å². The smallest absolute Gasteiger partial charge is 0.198 e. The van der Waals surface area contributed by atoms with Gasteiger partial charge < -0.3 is 15.3 Å². The first-order chi connectivity index (χ1) is 10.4. The molecule has 0 bridgehead atoms. The minimum atomic E-state index is -0.496. The van der Waals surface area contributed by atoms with Gasteiger partial charge >= 0.3 is 0 Å². The van der Waals surface area contributed by atoms with Crippen LogP contribution in [-0.2, 0) is 6.42 Å². The first kappa shape index (κ1) is 14.1. The van der Waals surface area contributed by atoms with E-state index in [1.54, 1.807) is 0 Å². The van der Waals surface area contributed by atoms with Crippen LogP contribution < -0.4 is 0 Å². The fourth-order valence-electron chi connectivity index (χ4n) is 2.90. The molecule has 0 atom stereocenters. The van der Waals surface area contributed by atoms with Crippen LogP contribution in [0.15, 0.2) is 24.3 Å². The van der Waals surface area contributed by atoms with Gasteiger partial charge in [-0.2, -0.15) is 0 Å². The zero-order valence-electron chi connectivity index (χ0n) is 11.9. The molecule has 3 N–H and O–H groups in total. The lowest BCUT2D eigenvalue weighted by atomic mass is 9.80. The van der Waals surface area contributed by atoms with Gasteiger partial charge in [0.1, 0.15) is 17.2 Å². The molecule has 1 aliphatic carbocycles. The molecule has 0 spiro atoms. The van der Waals surface area contributed by atoms with Gasteiger partial charge in [0.05, 0.1) is 5.56 Å². The SMILES string of the molecule is CCCc1cc(O)cc2c1C(=O)c1c(O)cc(O)cc1C2=O. The van der Waals surface area contributed by atoms with Crippen molar-refractivity contribution in [2.45, 2.75) is 19.8 Å². The van der Waals surface area contributed by atoms with E-state index in [0.717, 1.165) is 18.6 Å².